The van der Waals surface area contributed by atoms with Crippen molar-refractivity contribution in [3.05, 3.63) is 48.0 Å². The fourth-order valence-corrected chi connectivity index (χ4v) is 3.00. The van der Waals surface area contributed by atoms with Crippen LogP contribution < -0.4 is 5.32 Å². The van der Waals surface area contributed by atoms with Crippen LogP contribution in [0, 0.1) is 5.92 Å². The second-order valence-electron chi connectivity index (χ2n) is 6.21. The molecule has 2 aromatic rings. The summed E-state index contributed by atoms with van der Waals surface area (Å²) in [5.41, 5.74) is 1.91. The van der Waals surface area contributed by atoms with E-state index in [1.165, 1.54) is 0 Å². The molecule has 2 N–H and O–H groups in total. The van der Waals surface area contributed by atoms with E-state index < -0.39 is 0 Å². The maximum absolute atomic E-state index is 12.3. The van der Waals surface area contributed by atoms with Crippen LogP contribution in [0.25, 0.3) is 0 Å². The topological polar surface area (TPSA) is 80.0 Å². The van der Waals surface area contributed by atoms with E-state index in [1.54, 1.807) is 17.1 Å². The molecule has 6 nitrogen and oxygen atoms in total. The lowest BCUT2D eigenvalue weighted by Crippen LogP contribution is -2.41. The van der Waals surface area contributed by atoms with Crippen molar-refractivity contribution in [1.29, 1.82) is 0 Å². The number of nitrogens with zero attached hydrogens (tertiary/aromatic N) is 3. The van der Waals surface area contributed by atoms with Gasteiger partial charge in [0.25, 0.3) is 0 Å². The minimum Gasteiger partial charge on any atom is -0.393 e. The average molecular weight is 314 g/mol. The Morgan fingerprint density at radius 2 is 2.30 bits per heavy atom. The zero-order valence-electron chi connectivity index (χ0n) is 13.2. The number of aliphatic hydroxyl groups is 1. The van der Waals surface area contributed by atoms with Gasteiger partial charge in [0.1, 0.15) is 0 Å². The van der Waals surface area contributed by atoms with Crippen LogP contribution >= 0.6 is 0 Å². The highest BCUT2D eigenvalue weighted by atomic mass is 16.3. The zero-order chi connectivity index (χ0) is 16.2. The van der Waals surface area contributed by atoms with E-state index in [9.17, 15) is 9.90 Å². The maximum atomic E-state index is 12.3. The first-order valence-electron chi connectivity index (χ1n) is 7.97. The number of carbonyl (C=O) groups excluding carboxylic acids is 1. The summed E-state index contributed by atoms with van der Waals surface area (Å²) in [4.78, 5) is 16.7. The number of pyridine rings is 1. The van der Waals surface area contributed by atoms with E-state index in [0.29, 0.717) is 25.7 Å². The van der Waals surface area contributed by atoms with E-state index >= 15 is 0 Å². The van der Waals surface area contributed by atoms with Crippen molar-refractivity contribution in [1.82, 2.24) is 20.1 Å². The second-order valence-corrected chi connectivity index (χ2v) is 6.21. The molecule has 23 heavy (non-hydrogen) atoms. The highest BCUT2D eigenvalue weighted by Gasteiger charge is 2.36. The highest BCUT2D eigenvalue weighted by molar-refractivity contribution is 5.76. The molecular formula is C17H22N4O2. The summed E-state index contributed by atoms with van der Waals surface area (Å²) < 4.78 is 1.74. The molecule has 1 atom stereocenters. The molecule has 0 aromatic carbocycles. The van der Waals surface area contributed by atoms with Crippen LogP contribution in [0.5, 0.6) is 0 Å². The molecule has 0 bridgehead atoms. The molecule has 1 fully saturated rings. The van der Waals surface area contributed by atoms with Crippen molar-refractivity contribution in [2.45, 2.75) is 37.8 Å². The molecule has 0 spiro atoms. The van der Waals surface area contributed by atoms with Gasteiger partial charge in [-0.1, -0.05) is 6.07 Å². The van der Waals surface area contributed by atoms with Gasteiger partial charge in [-0.2, -0.15) is 5.10 Å². The Balaban J connectivity index is 1.60. The summed E-state index contributed by atoms with van der Waals surface area (Å²) in [5, 5.41) is 16.8. The normalized spacial score (nSPS) is 21.5. The number of nitrogens with one attached hydrogen (secondary N) is 1. The van der Waals surface area contributed by atoms with Crippen molar-refractivity contribution in [3.8, 4) is 0 Å². The van der Waals surface area contributed by atoms with Gasteiger partial charge >= 0.3 is 0 Å². The summed E-state index contributed by atoms with van der Waals surface area (Å²) in [6, 6.07) is 5.59. The molecule has 3 rings (SSSR count). The van der Waals surface area contributed by atoms with Crippen molar-refractivity contribution in [2.24, 2.45) is 13.0 Å². The number of carbonyl (C=O) groups is 1. The molecule has 2 heterocycles. The van der Waals surface area contributed by atoms with Crippen molar-refractivity contribution < 1.29 is 9.90 Å². The standard InChI is InChI=1S/C17H22N4O2/c1-21-11-12(10-19-21)5-6-16(23)20-17(13-8-14(22)9-13)15-4-2-3-7-18-15/h2-4,7,10-11,13-14,17,22H,5-6,8-9H2,1H3,(H,20,23). The highest BCUT2D eigenvalue weighted by Crippen LogP contribution is 2.37. The Morgan fingerprint density at radius 3 is 2.91 bits per heavy atom. The van der Waals surface area contributed by atoms with Gasteiger partial charge in [0, 0.05) is 25.9 Å². The lowest BCUT2D eigenvalue weighted by atomic mass is 9.76. The first-order valence-corrected chi connectivity index (χ1v) is 7.97. The third-order valence-corrected chi connectivity index (χ3v) is 4.34. The number of hydrogen-bond donors (Lipinski definition) is 2. The van der Waals surface area contributed by atoms with Crippen molar-refractivity contribution in [3.63, 3.8) is 0 Å². The molecule has 2 aromatic heterocycles. The van der Waals surface area contributed by atoms with E-state index in [0.717, 1.165) is 11.3 Å². The van der Waals surface area contributed by atoms with Crippen LogP contribution in [-0.4, -0.2) is 31.9 Å². The largest absolute Gasteiger partial charge is 0.393 e. The van der Waals surface area contributed by atoms with Gasteiger partial charge in [-0.05, 0) is 42.9 Å². The summed E-state index contributed by atoms with van der Waals surface area (Å²) in [6.07, 6.45) is 7.70. The second kappa shape index (κ2) is 6.91. The molecule has 1 aliphatic carbocycles. The summed E-state index contributed by atoms with van der Waals surface area (Å²) in [6.45, 7) is 0. The Labute approximate surface area is 135 Å². The lowest BCUT2D eigenvalue weighted by molar-refractivity contribution is -0.123. The van der Waals surface area contributed by atoms with Crippen LogP contribution in [0.1, 0.15) is 36.6 Å². The molecule has 1 saturated carbocycles. The fourth-order valence-electron chi connectivity index (χ4n) is 3.00. The molecule has 0 radical (unpaired) electrons. The van der Waals surface area contributed by atoms with Gasteiger partial charge < -0.3 is 10.4 Å². The van der Waals surface area contributed by atoms with Gasteiger partial charge in [0.15, 0.2) is 0 Å². The molecule has 1 unspecified atom stereocenters. The Kier molecular flexibility index (Phi) is 4.71. The third-order valence-electron chi connectivity index (χ3n) is 4.34. The molecule has 6 heteroatoms. The Hall–Kier alpha value is -2.21. The van der Waals surface area contributed by atoms with E-state index in [4.69, 9.17) is 0 Å². The van der Waals surface area contributed by atoms with Crippen molar-refractivity contribution >= 4 is 5.91 Å². The van der Waals surface area contributed by atoms with Crippen molar-refractivity contribution in [2.75, 3.05) is 0 Å². The number of aromatic nitrogens is 3. The number of rotatable bonds is 6. The smallest absolute Gasteiger partial charge is 0.220 e. The molecular weight excluding hydrogens is 292 g/mol. The number of aliphatic hydroxyl groups excluding tert-OH is 1. The van der Waals surface area contributed by atoms with Gasteiger partial charge in [0.05, 0.1) is 24.0 Å². The van der Waals surface area contributed by atoms with Crippen LogP contribution in [-0.2, 0) is 18.3 Å². The predicted octanol–water partition coefficient (Wildman–Crippen LogP) is 1.38. The van der Waals surface area contributed by atoms with Gasteiger partial charge in [-0.3, -0.25) is 14.5 Å². The van der Waals surface area contributed by atoms with Gasteiger partial charge in [0.2, 0.25) is 5.91 Å². The summed E-state index contributed by atoms with van der Waals surface area (Å²) >= 11 is 0. The quantitative estimate of drug-likeness (QED) is 0.844. The SMILES string of the molecule is Cn1cc(CCC(=O)NC(c2ccccn2)C2CC(O)C2)cn1. The summed E-state index contributed by atoms with van der Waals surface area (Å²) in [7, 11) is 1.86. The molecule has 122 valence electrons. The lowest BCUT2D eigenvalue weighted by Gasteiger charge is -2.37. The van der Waals surface area contributed by atoms with Gasteiger partial charge in [-0.15, -0.1) is 0 Å². The van der Waals surface area contributed by atoms with Crippen LogP contribution in [0.15, 0.2) is 36.8 Å². The summed E-state index contributed by atoms with van der Waals surface area (Å²) in [5.74, 6) is 0.258. The van der Waals surface area contributed by atoms with Crippen LogP contribution in [0.3, 0.4) is 0 Å². The fraction of sp³-hybridized carbons (Fsp3) is 0.471. The predicted molar refractivity (Wildman–Crippen MR) is 85.4 cm³/mol. The first-order chi connectivity index (χ1) is 11.1. The van der Waals surface area contributed by atoms with E-state index in [1.807, 2.05) is 31.4 Å². The molecule has 1 aliphatic rings. The number of aryl methyl sites for hydroxylation is 2. The monoisotopic (exact) mass is 314 g/mol. The average Bonchev–Trinajstić information content (AvgIpc) is 2.94. The molecule has 0 aliphatic heterocycles. The number of hydrogen-bond acceptors (Lipinski definition) is 4. The minimum atomic E-state index is -0.251. The molecule has 0 saturated heterocycles. The van der Waals surface area contributed by atoms with E-state index in [2.05, 4.69) is 15.4 Å². The molecule has 1 amide bonds. The number of amides is 1. The van der Waals surface area contributed by atoms with Crippen LogP contribution in [0.2, 0.25) is 0 Å². The van der Waals surface area contributed by atoms with Crippen LogP contribution in [0.4, 0.5) is 0 Å². The first kappa shape index (κ1) is 15.7. The van der Waals surface area contributed by atoms with E-state index in [-0.39, 0.29) is 24.0 Å². The Morgan fingerprint density at radius 1 is 1.48 bits per heavy atom. The van der Waals surface area contributed by atoms with Gasteiger partial charge in [-0.25, -0.2) is 0 Å². The third kappa shape index (κ3) is 3.96. The Bertz CT molecular complexity index is 650. The maximum Gasteiger partial charge on any atom is 0.220 e. The minimum absolute atomic E-state index is 0.00546. The zero-order valence-corrected chi connectivity index (χ0v) is 13.2.